The zero-order valence-corrected chi connectivity index (χ0v) is 12.3. The summed E-state index contributed by atoms with van der Waals surface area (Å²) in [4.78, 5) is 0. The van der Waals surface area contributed by atoms with Crippen LogP contribution >= 0.6 is 51.0 Å². The van der Waals surface area contributed by atoms with Gasteiger partial charge in [0.05, 0.1) is 13.1 Å². The maximum Gasteiger partial charge on any atom is 0.0823 e. The van der Waals surface area contributed by atoms with Crippen molar-refractivity contribution >= 4 is 79.8 Å². The molecule has 9 heteroatoms. The molecule has 0 aliphatic rings. The van der Waals surface area contributed by atoms with Crippen LogP contribution in [0.1, 0.15) is 0 Å². The number of rotatable bonds is 7. The van der Waals surface area contributed by atoms with E-state index in [-0.39, 0.29) is 0 Å². The molecule has 0 aromatic rings. The van der Waals surface area contributed by atoms with E-state index in [0.717, 1.165) is 0 Å². The molecule has 72 valence electrons. The van der Waals surface area contributed by atoms with E-state index >= 15 is 0 Å². The molecule has 0 aromatic heterocycles. The predicted octanol–water partition coefficient (Wildman–Crippen LogP) is 3.62. The third-order valence-corrected chi connectivity index (χ3v) is 13.8. The Bertz CT molecular complexity index is 206. The van der Waals surface area contributed by atoms with Gasteiger partial charge in [-0.1, -0.05) is 17.7 Å². The summed E-state index contributed by atoms with van der Waals surface area (Å²) in [7, 11) is 5.77. The van der Waals surface area contributed by atoms with Gasteiger partial charge in [-0.15, -0.1) is 6.58 Å². The Kier molecular flexibility index (Phi) is 10.1. The van der Waals surface area contributed by atoms with Gasteiger partial charge in [-0.2, -0.15) is 0 Å². The maximum atomic E-state index is 5.21. The van der Waals surface area contributed by atoms with E-state index in [1.165, 1.54) is 39.3 Å². The Labute approximate surface area is 102 Å². The Morgan fingerprint density at radius 1 is 1.50 bits per heavy atom. The molecule has 0 spiro atoms. The lowest BCUT2D eigenvalue weighted by Gasteiger charge is -2.05. The highest BCUT2D eigenvalue weighted by molar-refractivity contribution is 9.42. The highest BCUT2D eigenvalue weighted by Crippen LogP contribution is 2.47. The summed E-state index contributed by atoms with van der Waals surface area (Å²) < 4.78 is 5.21. The first-order chi connectivity index (χ1) is 5.62. The van der Waals surface area contributed by atoms with Crippen LogP contribution in [0.2, 0.25) is 0 Å². The van der Waals surface area contributed by atoms with Crippen molar-refractivity contribution in [2.24, 2.45) is 0 Å². The fourth-order valence-corrected chi connectivity index (χ4v) is 13.6. The first-order valence-electron chi connectivity index (χ1n) is 2.45. The molecular weight excluding hydrogens is 309 g/mol. The smallest absolute Gasteiger partial charge is 0.0823 e. The number of hydrogen-bond acceptors (Lipinski definition) is 8. The molecule has 0 saturated heterocycles. The second kappa shape index (κ2) is 8.54. The van der Waals surface area contributed by atoms with Gasteiger partial charge in [0.2, 0.25) is 0 Å². The molecule has 0 unspecified atom stereocenters. The predicted molar refractivity (Wildman–Crippen MR) is 77.6 cm³/mol. The number of thiol groups is 1. The molecule has 0 fully saturated rings. The lowest BCUT2D eigenvalue weighted by atomic mass is 10.7. The van der Waals surface area contributed by atoms with E-state index in [1.54, 1.807) is 6.08 Å². The second-order valence-electron chi connectivity index (χ2n) is 1.26. The molecule has 0 saturated carbocycles. The maximum absolute atomic E-state index is 5.21. The van der Waals surface area contributed by atoms with Crippen LogP contribution in [-0.4, -0.2) is 6.61 Å². The van der Waals surface area contributed by atoms with Gasteiger partial charge in [0.15, 0.2) is 0 Å². The molecule has 0 aliphatic carbocycles. The lowest BCUT2D eigenvalue weighted by Crippen LogP contribution is -1.94. The fraction of sp³-hybridized carbons (Fsp3) is 0.333. The van der Waals surface area contributed by atoms with Crippen molar-refractivity contribution in [3.05, 3.63) is 12.7 Å². The highest BCUT2D eigenvalue weighted by Gasteiger charge is 2.02. The van der Waals surface area contributed by atoms with E-state index in [0.29, 0.717) is 6.61 Å². The Balaban J connectivity index is 3.64. The first-order valence-corrected chi connectivity index (χ1v) is 12.2. The summed E-state index contributed by atoms with van der Waals surface area (Å²) in [5, 5.41) is 0. The normalized spacial score (nSPS) is 11.4. The highest BCUT2D eigenvalue weighted by atomic mass is 33.9. The van der Waals surface area contributed by atoms with Crippen LogP contribution in [0.25, 0.3) is 0 Å². The van der Waals surface area contributed by atoms with Crippen molar-refractivity contribution in [3.8, 4) is 0 Å². The van der Waals surface area contributed by atoms with Crippen molar-refractivity contribution in [1.29, 1.82) is 0 Å². The van der Waals surface area contributed by atoms with Gasteiger partial charge in [-0.25, -0.2) is 0 Å². The van der Waals surface area contributed by atoms with Gasteiger partial charge in [0.1, 0.15) is 0 Å². The van der Waals surface area contributed by atoms with E-state index < -0.39 is 6.46 Å². The fourth-order valence-electron chi connectivity index (χ4n) is 0.209. The topological polar surface area (TPSA) is 9.23 Å². The second-order valence-corrected chi connectivity index (χ2v) is 15.7. The van der Waals surface area contributed by atoms with Crippen LogP contribution in [0, 0.1) is 0 Å². The van der Waals surface area contributed by atoms with Gasteiger partial charge >= 0.3 is 0 Å². The molecule has 0 heterocycles. The SMILES string of the molecule is C=CCOS(=S)(=S)SSSSS. The lowest BCUT2D eigenvalue weighted by molar-refractivity contribution is 0.430. The van der Waals surface area contributed by atoms with Crippen molar-refractivity contribution in [3.63, 3.8) is 0 Å². The van der Waals surface area contributed by atoms with Gasteiger partial charge in [-0.3, -0.25) is 4.18 Å². The van der Waals surface area contributed by atoms with Crippen LogP contribution in [0.5, 0.6) is 0 Å². The monoisotopic (exact) mass is 314 g/mol. The zero-order chi connectivity index (χ0) is 9.45. The van der Waals surface area contributed by atoms with E-state index in [4.69, 9.17) is 26.6 Å². The minimum absolute atomic E-state index is 0.425. The van der Waals surface area contributed by atoms with Gasteiger partial charge in [0, 0.05) is 19.7 Å². The standard InChI is InChI=1S/C3H6OS8/c1-2-3-4-12(6,7)11-10-9-8-5/h2,5H,1,3H2. The van der Waals surface area contributed by atoms with Crippen LogP contribution < -0.4 is 0 Å². The van der Waals surface area contributed by atoms with Crippen molar-refractivity contribution < 1.29 is 4.18 Å². The van der Waals surface area contributed by atoms with Crippen molar-refractivity contribution in [2.45, 2.75) is 0 Å². The van der Waals surface area contributed by atoms with Gasteiger partial charge in [0.25, 0.3) is 0 Å². The molecule has 0 radical (unpaired) electrons. The zero-order valence-electron chi connectivity index (χ0n) is 5.70. The van der Waals surface area contributed by atoms with Crippen LogP contribution in [-0.2, 0) is 33.0 Å². The Morgan fingerprint density at radius 3 is 2.67 bits per heavy atom. The molecule has 0 aliphatic heterocycles. The Hall–Kier alpha value is 2.24. The minimum Gasteiger partial charge on any atom is -0.297 e. The molecule has 0 bridgehead atoms. The average molecular weight is 315 g/mol. The summed E-state index contributed by atoms with van der Waals surface area (Å²) in [6.07, 6.45) is 1.64. The molecule has 12 heavy (non-hydrogen) atoms. The summed E-state index contributed by atoms with van der Waals surface area (Å²) in [5.74, 6) is 0. The first kappa shape index (κ1) is 14.2. The molecule has 0 rings (SSSR count). The quantitative estimate of drug-likeness (QED) is 0.328. The molecule has 0 amide bonds. The van der Waals surface area contributed by atoms with Gasteiger partial charge < -0.3 is 0 Å². The number of hydrogen-bond donors (Lipinski definition) is 1. The van der Waals surface area contributed by atoms with Crippen LogP contribution in [0.15, 0.2) is 12.7 Å². The van der Waals surface area contributed by atoms with E-state index in [9.17, 15) is 0 Å². The molecule has 0 N–H and O–H groups in total. The molecular formula is C3H6OS8. The molecule has 0 atom stereocenters. The van der Waals surface area contributed by atoms with E-state index in [2.05, 4.69) is 18.2 Å². The third-order valence-electron chi connectivity index (χ3n) is 0.500. The summed E-state index contributed by atoms with van der Waals surface area (Å²) >= 11 is 14.0. The summed E-state index contributed by atoms with van der Waals surface area (Å²) in [6.45, 7) is 2.13. The van der Waals surface area contributed by atoms with E-state index in [1.807, 2.05) is 0 Å². The average Bonchev–Trinajstić information content (AvgIpc) is 2.01. The minimum atomic E-state index is -1.81. The summed E-state index contributed by atoms with van der Waals surface area (Å²) in [5.41, 5.74) is 0. The Morgan fingerprint density at radius 2 is 2.17 bits per heavy atom. The largest absolute Gasteiger partial charge is 0.297 e. The molecule has 0 aromatic carbocycles. The summed E-state index contributed by atoms with van der Waals surface area (Å²) in [6, 6.07) is 0. The van der Waals surface area contributed by atoms with Gasteiger partial charge in [-0.05, 0) is 42.0 Å². The van der Waals surface area contributed by atoms with Crippen LogP contribution in [0.3, 0.4) is 0 Å². The van der Waals surface area contributed by atoms with Crippen molar-refractivity contribution in [1.82, 2.24) is 0 Å². The third kappa shape index (κ3) is 8.82. The van der Waals surface area contributed by atoms with Crippen molar-refractivity contribution in [2.75, 3.05) is 6.61 Å². The van der Waals surface area contributed by atoms with Crippen LogP contribution in [0.4, 0.5) is 0 Å². The molecule has 1 nitrogen and oxygen atoms in total.